The Bertz CT molecular complexity index is 713. The van der Waals surface area contributed by atoms with E-state index in [1.54, 1.807) is 18.2 Å². The quantitative estimate of drug-likeness (QED) is 0.669. The minimum absolute atomic E-state index is 0.0264. The van der Waals surface area contributed by atoms with E-state index in [1.165, 1.54) is 6.07 Å². The van der Waals surface area contributed by atoms with Crippen LogP contribution in [0.1, 0.15) is 4.88 Å². The first-order chi connectivity index (χ1) is 10.1. The summed E-state index contributed by atoms with van der Waals surface area (Å²) in [5.74, 6) is 0.445. The Morgan fingerprint density at radius 3 is 3.00 bits per heavy atom. The Balaban J connectivity index is 1.69. The first-order valence-electron chi connectivity index (χ1n) is 6.15. The Kier molecular flexibility index (Phi) is 3.44. The molecule has 0 spiro atoms. The van der Waals surface area contributed by atoms with E-state index in [0.29, 0.717) is 18.0 Å². The van der Waals surface area contributed by atoms with Crippen molar-refractivity contribution in [1.82, 2.24) is 0 Å². The van der Waals surface area contributed by atoms with E-state index in [1.807, 2.05) is 6.07 Å². The Labute approximate surface area is 123 Å². The maximum atomic E-state index is 11.3. The largest absolute Gasteiger partial charge is 0.482 e. The number of nitrogens with one attached hydrogen (secondary N) is 2. The third-order valence-corrected chi connectivity index (χ3v) is 3.94. The van der Waals surface area contributed by atoms with Crippen molar-refractivity contribution in [2.24, 2.45) is 0 Å². The van der Waals surface area contributed by atoms with E-state index in [4.69, 9.17) is 4.74 Å². The van der Waals surface area contributed by atoms with Crippen LogP contribution in [0, 0.1) is 10.1 Å². The zero-order valence-electron chi connectivity index (χ0n) is 10.8. The molecule has 0 bridgehead atoms. The van der Waals surface area contributed by atoms with E-state index in [0.717, 1.165) is 21.9 Å². The average molecular weight is 305 g/mol. The molecule has 0 saturated heterocycles. The van der Waals surface area contributed by atoms with Crippen molar-refractivity contribution in [1.29, 1.82) is 0 Å². The molecule has 0 aliphatic carbocycles. The zero-order chi connectivity index (χ0) is 14.8. The molecule has 0 fully saturated rings. The number of anilines is 2. The number of ether oxygens (including phenoxy) is 1. The van der Waals surface area contributed by atoms with E-state index in [9.17, 15) is 14.9 Å². The number of carbonyl (C=O) groups is 1. The molecule has 2 heterocycles. The summed E-state index contributed by atoms with van der Waals surface area (Å²) in [7, 11) is 0. The van der Waals surface area contributed by atoms with Crippen LogP contribution in [0.5, 0.6) is 5.75 Å². The van der Waals surface area contributed by atoms with Gasteiger partial charge < -0.3 is 15.4 Å². The summed E-state index contributed by atoms with van der Waals surface area (Å²) in [4.78, 5) is 22.3. The van der Waals surface area contributed by atoms with Crippen LogP contribution in [-0.4, -0.2) is 17.4 Å². The van der Waals surface area contributed by atoms with E-state index >= 15 is 0 Å². The standard InChI is InChI=1S/C13H11N3O4S/c17-12-7-20-11-3-1-8(5-10(11)15-12)14-6-9-2-4-13(21-9)16(18)19/h1-5,14H,6-7H2,(H,15,17). The number of hydrogen-bond donors (Lipinski definition) is 2. The highest BCUT2D eigenvalue weighted by Crippen LogP contribution is 2.31. The second-order valence-electron chi connectivity index (χ2n) is 4.40. The summed E-state index contributed by atoms with van der Waals surface area (Å²) in [6.45, 7) is 0.505. The summed E-state index contributed by atoms with van der Waals surface area (Å²) in [6, 6.07) is 8.59. The van der Waals surface area contributed by atoms with Gasteiger partial charge in [0.25, 0.3) is 5.91 Å². The number of nitro groups is 1. The molecule has 0 radical (unpaired) electrons. The van der Waals surface area contributed by atoms with Gasteiger partial charge in [0.15, 0.2) is 6.61 Å². The van der Waals surface area contributed by atoms with Crippen LogP contribution in [0.3, 0.4) is 0 Å². The van der Waals surface area contributed by atoms with Crippen LogP contribution >= 0.6 is 11.3 Å². The van der Waals surface area contributed by atoms with Crippen molar-refractivity contribution in [3.05, 3.63) is 45.3 Å². The third-order valence-electron chi connectivity index (χ3n) is 2.91. The number of benzene rings is 1. The fourth-order valence-electron chi connectivity index (χ4n) is 1.94. The van der Waals surface area contributed by atoms with Gasteiger partial charge in [-0.15, -0.1) is 0 Å². The second-order valence-corrected chi connectivity index (χ2v) is 5.55. The van der Waals surface area contributed by atoms with E-state index in [2.05, 4.69) is 10.6 Å². The fourth-order valence-corrected chi connectivity index (χ4v) is 2.70. The fraction of sp³-hybridized carbons (Fsp3) is 0.154. The zero-order valence-corrected chi connectivity index (χ0v) is 11.6. The molecule has 0 saturated carbocycles. The summed E-state index contributed by atoms with van der Waals surface area (Å²) in [5, 5.41) is 16.6. The molecule has 1 aliphatic rings. The van der Waals surface area contributed by atoms with E-state index in [-0.39, 0.29) is 17.5 Å². The molecule has 8 heteroatoms. The van der Waals surface area contributed by atoms with Gasteiger partial charge in [-0.3, -0.25) is 14.9 Å². The highest BCUT2D eigenvalue weighted by molar-refractivity contribution is 7.15. The lowest BCUT2D eigenvalue weighted by atomic mass is 10.2. The van der Waals surface area contributed by atoms with Crippen LogP contribution in [0.2, 0.25) is 0 Å². The van der Waals surface area contributed by atoms with Gasteiger partial charge in [0, 0.05) is 23.2 Å². The normalized spacial score (nSPS) is 13.0. The Hall–Kier alpha value is -2.61. The van der Waals surface area contributed by atoms with Gasteiger partial charge in [-0.1, -0.05) is 11.3 Å². The van der Waals surface area contributed by atoms with Crippen molar-refractivity contribution in [3.63, 3.8) is 0 Å². The van der Waals surface area contributed by atoms with Crippen LogP contribution in [-0.2, 0) is 11.3 Å². The van der Waals surface area contributed by atoms with Crippen LogP contribution in [0.25, 0.3) is 0 Å². The average Bonchev–Trinajstić information content (AvgIpc) is 2.93. The molecule has 1 aliphatic heterocycles. The SMILES string of the molecule is O=C1COc2ccc(NCc3ccc([N+](=O)[O-])s3)cc2N1. The number of hydrogen-bond acceptors (Lipinski definition) is 6. The predicted molar refractivity (Wildman–Crippen MR) is 78.9 cm³/mol. The summed E-state index contributed by atoms with van der Waals surface area (Å²) >= 11 is 1.13. The Morgan fingerprint density at radius 2 is 2.24 bits per heavy atom. The maximum absolute atomic E-state index is 11.3. The molecule has 0 atom stereocenters. The molecule has 0 unspecified atom stereocenters. The number of carbonyl (C=O) groups excluding carboxylic acids is 1. The first-order valence-corrected chi connectivity index (χ1v) is 6.97. The van der Waals surface area contributed by atoms with Crippen molar-refractivity contribution >= 4 is 33.6 Å². The number of rotatable bonds is 4. The van der Waals surface area contributed by atoms with Crippen LogP contribution in [0.4, 0.5) is 16.4 Å². The monoisotopic (exact) mass is 305 g/mol. The first kappa shape index (κ1) is 13.4. The van der Waals surface area contributed by atoms with Crippen molar-refractivity contribution in [3.8, 4) is 5.75 Å². The highest BCUT2D eigenvalue weighted by atomic mass is 32.1. The smallest absolute Gasteiger partial charge is 0.324 e. The molecule has 21 heavy (non-hydrogen) atoms. The summed E-state index contributed by atoms with van der Waals surface area (Å²) in [6.07, 6.45) is 0. The molecular formula is C13H11N3O4S. The topological polar surface area (TPSA) is 93.5 Å². The Morgan fingerprint density at radius 1 is 1.38 bits per heavy atom. The van der Waals surface area contributed by atoms with Crippen molar-refractivity contribution in [2.75, 3.05) is 17.2 Å². The number of amides is 1. The molecule has 2 aromatic rings. The van der Waals surface area contributed by atoms with Gasteiger partial charge in [0.1, 0.15) is 5.75 Å². The minimum atomic E-state index is -0.403. The van der Waals surface area contributed by atoms with Gasteiger partial charge in [0.2, 0.25) is 0 Å². The molecule has 7 nitrogen and oxygen atoms in total. The van der Waals surface area contributed by atoms with Crippen molar-refractivity contribution in [2.45, 2.75) is 6.54 Å². The number of nitrogens with zero attached hydrogens (tertiary/aromatic N) is 1. The van der Waals surface area contributed by atoms with Gasteiger partial charge in [-0.05, 0) is 24.3 Å². The predicted octanol–water partition coefficient (Wildman–Crippen LogP) is 2.60. The second kappa shape index (κ2) is 5.41. The highest BCUT2D eigenvalue weighted by Gasteiger charge is 2.16. The molecule has 108 valence electrons. The summed E-state index contributed by atoms with van der Waals surface area (Å²) in [5.41, 5.74) is 1.42. The maximum Gasteiger partial charge on any atom is 0.324 e. The molecule has 3 rings (SSSR count). The number of thiophene rings is 1. The van der Waals surface area contributed by atoms with Crippen molar-refractivity contribution < 1.29 is 14.5 Å². The van der Waals surface area contributed by atoms with Crippen LogP contribution < -0.4 is 15.4 Å². The van der Waals surface area contributed by atoms with Crippen LogP contribution in [0.15, 0.2) is 30.3 Å². The lowest BCUT2D eigenvalue weighted by Crippen LogP contribution is -2.25. The molecule has 2 N–H and O–H groups in total. The molecule has 1 aromatic heterocycles. The van der Waals surface area contributed by atoms with Gasteiger partial charge >= 0.3 is 5.00 Å². The molecule has 1 aromatic carbocycles. The lowest BCUT2D eigenvalue weighted by molar-refractivity contribution is -0.380. The molecule has 1 amide bonds. The lowest BCUT2D eigenvalue weighted by Gasteiger charge is -2.18. The third kappa shape index (κ3) is 2.95. The van der Waals surface area contributed by atoms with Gasteiger partial charge in [0.05, 0.1) is 10.6 Å². The van der Waals surface area contributed by atoms with Gasteiger partial charge in [-0.2, -0.15) is 0 Å². The molecular weight excluding hydrogens is 294 g/mol. The number of fused-ring (bicyclic) bond motifs is 1. The minimum Gasteiger partial charge on any atom is -0.482 e. The van der Waals surface area contributed by atoms with Gasteiger partial charge in [-0.25, -0.2) is 0 Å². The summed E-state index contributed by atoms with van der Waals surface area (Å²) < 4.78 is 5.27. The van der Waals surface area contributed by atoms with E-state index < -0.39 is 4.92 Å².